The molecule has 2 N–H and O–H groups in total. The van der Waals surface area contributed by atoms with Crippen LogP contribution in [-0.2, 0) is 10.0 Å². The van der Waals surface area contributed by atoms with Crippen molar-refractivity contribution in [2.24, 2.45) is 5.10 Å². The molecule has 0 unspecified atom stereocenters. The van der Waals surface area contributed by atoms with Crippen molar-refractivity contribution in [1.29, 1.82) is 0 Å². The summed E-state index contributed by atoms with van der Waals surface area (Å²) in [5.41, 5.74) is 4.39. The number of hydrogen-bond donors (Lipinski definition) is 2. The Morgan fingerprint density at radius 2 is 1.59 bits per heavy atom. The number of aryl methyl sites for hydroxylation is 1. The Labute approximate surface area is 245 Å². The zero-order chi connectivity index (χ0) is 29.0. The van der Waals surface area contributed by atoms with Crippen molar-refractivity contribution in [1.82, 2.24) is 5.43 Å². The van der Waals surface area contributed by atoms with Crippen LogP contribution in [0.3, 0.4) is 0 Å². The van der Waals surface area contributed by atoms with Gasteiger partial charge in [0.05, 0.1) is 16.1 Å². The molecule has 0 fully saturated rings. The highest BCUT2D eigenvalue weighted by Gasteiger charge is 2.20. The Morgan fingerprint density at radius 1 is 0.902 bits per heavy atom. The van der Waals surface area contributed by atoms with Gasteiger partial charge in [-0.1, -0.05) is 59.6 Å². The SMILES string of the molecule is Cc1ccc(S(=O)(=O)Nc2ccc(C(=O)N/N=C/c3ccccc3OC(=O)c3sc4ccccc4c3Cl)cc2)cc1. The molecule has 0 aliphatic rings. The number of fused-ring (bicyclic) bond motifs is 1. The molecule has 8 nitrogen and oxygen atoms in total. The van der Waals surface area contributed by atoms with Crippen LogP contribution >= 0.6 is 22.9 Å². The second kappa shape index (κ2) is 11.9. The van der Waals surface area contributed by atoms with Gasteiger partial charge in [0.15, 0.2) is 0 Å². The lowest BCUT2D eigenvalue weighted by atomic mass is 10.2. The maximum Gasteiger partial charge on any atom is 0.355 e. The number of amides is 1. The normalized spacial score (nSPS) is 11.5. The van der Waals surface area contributed by atoms with Crippen LogP contribution in [0.15, 0.2) is 107 Å². The first-order valence-electron chi connectivity index (χ1n) is 12.2. The van der Waals surface area contributed by atoms with Crippen LogP contribution in [-0.4, -0.2) is 26.5 Å². The zero-order valence-electron chi connectivity index (χ0n) is 21.5. The standard InChI is InChI=1S/C30H22ClN3O5S2/c1-19-10-16-23(17-11-19)41(37,38)34-22-14-12-20(13-15-22)29(35)33-32-18-21-6-2-4-8-25(21)39-30(36)28-27(31)24-7-3-5-9-26(24)40-28/h2-18,34H,1H3,(H,33,35)/b32-18+. The van der Waals surface area contributed by atoms with Crippen LogP contribution in [0.5, 0.6) is 5.75 Å². The number of nitrogens with one attached hydrogen (secondary N) is 2. The third-order valence-corrected chi connectivity index (χ3v) is 8.99. The van der Waals surface area contributed by atoms with Gasteiger partial charge >= 0.3 is 5.97 Å². The number of esters is 1. The van der Waals surface area contributed by atoms with Gasteiger partial charge in [-0.15, -0.1) is 11.3 Å². The second-order valence-electron chi connectivity index (χ2n) is 8.86. The van der Waals surface area contributed by atoms with E-state index in [-0.39, 0.29) is 21.1 Å². The average molecular weight is 604 g/mol. The third kappa shape index (κ3) is 6.46. The van der Waals surface area contributed by atoms with Crippen LogP contribution in [0.2, 0.25) is 5.02 Å². The van der Waals surface area contributed by atoms with Crippen molar-refractivity contribution in [3.63, 3.8) is 0 Å². The van der Waals surface area contributed by atoms with Gasteiger partial charge in [-0.25, -0.2) is 18.6 Å². The fraction of sp³-hybridized carbons (Fsp3) is 0.0333. The summed E-state index contributed by atoms with van der Waals surface area (Å²) in [6, 6.07) is 26.6. The van der Waals surface area contributed by atoms with Crippen LogP contribution < -0.4 is 14.9 Å². The minimum atomic E-state index is -3.76. The van der Waals surface area contributed by atoms with E-state index in [0.717, 1.165) is 15.6 Å². The lowest BCUT2D eigenvalue weighted by molar-refractivity contribution is 0.0739. The van der Waals surface area contributed by atoms with Gasteiger partial charge in [-0.3, -0.25) is 9.52 Å². The Balaban J connectivity index is 1.22. The fourth-order valence-electron chi connectivity index (χ4n) is 3.82. The van der Waals surface area contributed by atoms with Gasteiger partial charge in [-0.2, -0.15) is 5.10 Å². The molecule has 1 amide bonds. The molecule has 5 aromatic rings. The van der Waals surface area contributed by atoms with E-state index in [9.17, 15) is 18.0 Å². The molecule has 5 rings (SSSR count). The van der Waals surface area contributed by atoms with Crippen molar-refractivity contribution in [3.8, 4) is 5.75 Å². The monoisotopic (exact) mass is 603 g/mol. The van der Waals surface area contributed by atoms with E-state index < -0.39 is 21.9 Å². The van der Waals surface area contributed by atoms with E-state index in [0.29, 0.717) is 16.3 Å². The summed E-state index contributed by atoms with van der Waals surface area (Å²) in [4.78, 5) is 25.9. The zero-order valence-corrected chi connectivity index (χ0v) is 23.9. The molecule has 0 aliphatic carbocycles. The van der Waals surface area contributed by atoms with Crippen molar-refractivity contribution < 1.29 is 22.7 Å². The number of benzene rings is 4. The Hall–Kier alpha value is -4.51. The van der Waals surface area contributed by atoms with Crippen LogP contribution in [0.25, 0.3) is 10.1 Å². The summed E-state index contributed by atoms with van der Waals surface area (Å²) in [7, 11) is -3.76. The average Bonchev–Trinajstić information content (AvgIpc) is 3.31. The largest absolute Gasteiger partial charge is 0.422 e. The number of anilines is 1. The number of rotatable bonds is 8. The molecule has 1 heterocycles. The lowest BCUT2D eigenvalue weighted by Crippen LogP contribution is -2.18. The summed E-state index contributed by atoms with van der Waals surface area (Å²) in [6.45, 7) is 1.87. The van der Waals surface area contributed by atoms with E-state index in [1.165, 1.54) is 53.9 Å². The number of carbonyl (C=O) groups excluding carboxylic acids is 2. The molecule has 0 radical (unpaired) electrons. The molecule has 41 heavy (non-hydrogen) atoms. The minimum absolute atomic E-state index is 0.136. The van der Waals surface area contributed by atoms with Gasteiger partial charge in [-0.05, 0) is 61.5 Å². The number of hydrazone groups is 1. The first-order chi connectivity index (χ1) is 19.7. The lowest BCUT2D eigenvalue weighted by Gasteiger charge is -2.09. The van der Waals surface area contributed by atoms with Gasteiger partial charge in [0.1, 0.15) is 10.6 Å². The molecular formula is C30H22ClN3O5S2. The predicted molar refractivity (Wildman–Crippen MR) is 162 cm³/mol. The number of halogens is 1. The van der Waals surface area contributed by atoms with E-state index in [4.69, 9.17) is 16.3 Å². The predicted octanol–water partition coefficient (Wildman–Crippen LogP) is 6.65. The summed E-state index contributed by atoms with van der Waals surface area (Å²) < 4.78 is 34.2. The first kappa shape index (κ1) is 28.0. The smallest absolute Gasteiger partial charge is 0.355 e. The molecule has 0 spiro atoms. The van der Waals surface area contributed by atoms with Crippen LogP contribution in [0, 0.1) is 6.92 Å². The molecule has 4 aromatic carbocycles. The molecule has 0 saturated heterocycles. The maximum absolute atomic E-state index is 12.9. The third-order valence-electron chi connectivity index (χ3n) is 5.94. The quantitative estimate of drug-likeness (QED) is 0.0892. The van der Waals surface area contributed by atoms with E-state index in [1.807, 2.05) is 31.2 Å². The number of para-hydroxylation sites is 1. The van der Waals surface area contributed by atoms with Crippen molar-refractivity contribution in [2.75, 3.05) is 4.72 Å². The molecule has 0 aliphatic heterocycles. The number of thiophene rings is 1. The van der Waals surface area contributed by atoms with Gasteiger partial charge in [0.25, 0.3) is 15.9 Å². The first-order valence-corrected chi connectivity index (χ1v) is 14.9. The molecule has 0 saturated carbocycles. The maximum atomic E-state index is 12.9. The van der Waals surface area contributed by atoms with Crippen LogP contribution in [0.4, 0.5) is 5.69 Å². The summed E-state index contributed by atoms with van der Waals surface area (Å²) in [5.74, 6) is -0.867. The molecule has 0 atom stereocenters. The summed E-state index contributed by atoms with van der Waals surface area (Å²) in [6.07, 6.45) is 1.36. The second-order valence-corrected chi connectivity index (χ2v) is 12.0. The Kier molecular flexibility index (Phi) is 8.16. The minimum Gasteiger partial charge on any atom is -0.422 e. The topological polar surface area (TPSA) is 114 Å². The van der Waals surface area contributed by atoms with E-state index >= 15 is 0 Å². The van der Waals surface area contributed by atoms with Crippen molar-refractivity contribution in [3.05, 3.63) is 124 Å². The number of ether oxygens (including phenoxy) is 1. The molecule has 1 aromatic heterocycles. The van der Waals surface area contributed by atoms with Gasteiger partial charge < -0.3 is 4.74 Å². The number of nitrogens with zero attached hydrogens (tertiary/aromatic N) is 1. The number of sulfonamides is 1. The number of carbonyl (C=O) groups is 2. The van der Waals surface area contributed by atoms with E-state index in [1.54, 1.807) is 36.4 Å². The van der Waals surface area contributed by atoms with E-state index in [2.05, 4.69) is 15.2 Å². The molecule has 0 bridgehead atoms. The molecule has 206 valence electrons. The van der Waals surface area contributed by atoms with Crippen LogP contribution in [0.1, 0.15) is 31.2 Å². The Bertz CT molecular complexity index is 1880. The van der Waals surface area contributed by atoms with Crippen molar-refractivity contribution >= 4 is 66.8 Å². The summed E-state index contributed by atoms with van der Waals surface area (Å²) >= 11 is 7.66. The Morgan fingerprint density at radius 3 is 2.32 bits per heavy atom. The fourth-order valence-corrected chi connectivity index (χ4v) is 6.26. The molecular weight excluding hydrogens is 582 g/mol. The highest BCUT2D eigenvalue weighted by atomic mass is 35.5. The number of hydrogen-bond acceptors (Lipinski definition) is 7. The highest BCUT2D eigenvalue weighted by molar-refractivity contribution is 7.92. The van der Waals surface area contributed by atoms with Crippen molar-refractivity contribution in [2.45, 2.75) is 11.8 Å². The summed E-state index contributed by atoms with van der Waals surface area (Å²) in [5, 5.41) is 5.10. The molecule has 11 heteroatoms. The van der Waals surface area contributed by atoms with Gasteiger partial charge in [0, 0.05) is 26.9 Å². The van der Waals surface area contributed by atoms with Gasteiger partial charge in [0.2, 0.25) is 0 Å². The highest BCUT2D eigenvalue weighted by Crippen LogP contribution is 2.36.